The van der Waals surface area contributed by atoms with Gasteiger partial charge in [0.05, 0.1) is 15.4 Å². The lowest BCUT2D eigenvalue weighted by Crippen LogP contribution is -2.36. The highest BCUT2D eigenvalue weighted by atomic mass is 32.2. The van der Waals surface area contributed by atoms with Gasteiger partial charge in [-0.3, -0.25) is 29.4 Å². The molecule has 0 atom stereocenters. The van der Waals surface area contributed by atoms with Crippen molar-refractivity contribution in [2.24, 2.45) is 0 Å². The third-order valence-electron chi connectivity index (χ3n) is 4.24. The Balaban J connectivity index is 1.72. The van der Waals surface area contributed by atoms with E-state index in [1.807, 2.05) is 19.1 Å². The van der Waals surface area contributed by atoms with Gasteiger partial charge in [-0.1, -0.05) is 31.2 Å². The van der Waals surface area contributed by atoms with Crippen LogP contribution in [0.1, 0.15) is 18.1 Å². The van der Waals surface area contributed by atoms with Crippen LogP contribution in [0.25, 0.3) is 6.08 Å². The molecule has 1 aliphatic heterocycles. The van der Waals surface area contributed by atoms with Crippen molar-refractivity contribution in [3.63, 3.8) is 0 Å². The van der Waals surface area contributed by atoms with Crippen LogP contribution in [0.3, 0.4) is 0 Å². The molecule has 29 heavy (non-hydrogen) atoms. The van der Waals surface area contributed by atoms with Gasteiger partial charge < -0.3 is 5.32 Å². The fraction of sp³-hybridized carbons (Fsp3) is 0.150. The molecule has 3 amide bonds. The van der Waals surface area contributed by atoms with E-state index in [4.69, 9.17) is 0 Å². The molecule has 1 aliphatic rings. The van der Waals surface area contributed by atoms with Gasteiger partial charge in [0, 0.05) is 11.8 Å². The van der Waals surface area contributed by atoms with Crippen molar-refractivity contribution in [3.8, 4) is 0 Å². The van der Waals surface area contributed by atoms with Crippen molar-refractivity contribution in [3.05, 3.63) is 74.7 Å². The molecule has 1 saturated heterocycles. The Bertz CT molecular complexity index is 1020. The van der Waals surface area contributed by atoms with Crippen LogP contribution in [0.5, 0.6) is 0 Å². The third kappa shape index (κ3) is 4.69. The molecular weight excluding hydrogens is 394 g/mol. The lowest BCUT2D eigenvalue weighted by Gasteiger charge is -2.12. The van der Waals surface area contributed by atoms with Gasteiger partial charge in [0.25, 0.3) is 16.8 Å². The highest BCUT2D eigenvalue weighted by Crippen LogP contribution is 2.33. The van der Waals surface area contributed by atoms with Gasteiger partial charge in [-0.15, -0.1) is 0 Å². The van der Waals surface area contributed by atoms with E-state index in [0.717, 1.165) is 16.9 Å². The van der Waals surface area contributed by atoms with Crippen molar-refractivity contribution in [1.82, 2.24) is 4.90 Å². The second-order valence-electron chi connectivity index (χ2n) is 6.18. The molecule has 0 unspecified atom stereocenters. The van der Waals surface area contributed by atoms with Gasteiger partial charge in [-0.05, 0) is 48.0 Å². The number of thioether (sulfide) groups is 1. The Morgan fingerprint density at radius 1 is 1.17 bits per heavy atom. The Morgan fingerprint density at radius 3 is 2.52 bits per heavy atom. The summed E-state index contributed by atoms with van der Waals surface area (Å²) in [6, 6.07) is 13.2. The third-order valence-corrected chi connectivity index (χ3v) is 5.15. The molecule has 1 fully saturated rings. The monoisotopic (exact) mass is 411 g/mol. The van der Waals surface area contributed by atoms with E-state index in [1.54, 1.807) is 18.2 Å². The van der Waals surface area contributed by atoms with Crippen LogP contribution < -0.4 is 5.32 Å². The van der Waals surface area contributed by atoms with Crippen LogP contribution in [0.15, 0.2) is 53.4 Å². The molecule has 9 heteroatoms. The molecule has 0 saturated carbocycles. The zero-order chi connectivity index (χ0) is 21.0. The SMILES string of the molecule is CCc1ccc(NC(=O)CN2C(=O)S/C(=C/c3ccccc3[N+](=O)[O-])C2=O)cc1. The molecule has 0 aliphatic carbocycles. The van der Waals surface area contributed by atoms with Crippen molar-refractivity contribution >= 4 is 46.3 Å². The van der Waals surface area contributed by atoms with Crippen LogP contribution in [0.2, 0.25) is 0 Å². The zero-order valence-electron chi connectivity index (χ0n) is 15.5. The minimum absolute atomic E-state index is 0.0319. The predicted molar refractivity (Wildman–Crippen MR) is 110 cm³/mol. The minimum Gasteiger partial charge on any atom is -0.325 e. The van der Waals surface area contributed by atoms with Crippen LogP contribution in [-0.2, 0) is 16.0 Å². The van der Waals surface area contributed by atoms with E-state index in [-0.39, 0.29) is 16.2 Å². The van der Waals surface area contributed by atoms with Gasteiger partial charge >= 0.3 is 0 Å². The summed E-state index contributed by atoms with van der Waals surface area (Å²) >= 11 is 0.646. The van der Waals surface area contributed by atoms with E-state index in [0.29, 0.717) is 17.4 Å². The highest BCUT2D eigenvalue weighted by Gasteiger charge is 2.36. The number of carbonyl (C=O) groups is 3. The summed E-state index contributed by atoms with van der Waals surface area (Å²) in [4.78, 5) is 48.4. The summed E-state index contributed by atoms with van der Waals surface area (Å²) in [5.74, 6) is -1.17. The smallest absolute Gasteiger partial charge is 0.294 e. The summed E-state index contributed by atoms with van der Waals surface area (Å²) in [6.07, 6.45) is 2.17. The summed E-state index contributed by atoms with van der Waals surface area (Å²) in [6.45, 7) is 1.58. The number of nitro groups is 1. The van der Waals surface area contributed by atoms with Gasteiger partial charge in [-0.25, -0.2) is 0 Å². The molecule has 8 nitrogen and oxygen atoms in total. The molecular formula is C20H17N3O5S. The lowest BCUT2D eigenvalue weighted by molar-refractivity contribution is -0.385. The molecule has 0 radical (unpaired) electrons. The first-order valence-electron chi connectivity index (χ1n) is 8.76. The Labute approximate surface area is 170 Å². The number of nitro benzene ring substituents is 1. The predicted octanol–water partition coefficient (Wildman–Crippen LogP) is 3.83. The molecule has 2 aromatic rings. The number of anilines is 1. The number of carbonyl (C=O) groups excluding carboxylic acids is 3. The van der Waals surface area contributed by atoms with Crippen LogP contribution >= 0.6 is 11.8 Å². The Kier molecular flexibility index (Phi) is 6.08. The second kappa shape index (κ2) is 8.70. The van der Waals surface area contributed by atoms with Gasteiger partial charge in [0.2, 0.25) is 5.91 Å². The number of hydrogen-bond donors (Lipinski definition) is 1. The molecule has 3 rings (SSSR count). The van der Waals surface area contributed by atoms with E-state index < -0.39 is 28.5 Å². The van der Waals surface area contributed by atoms with Crippen molar-refractivity contribution in [1.29, 1.82) is 0 Å². The number of benzene rings is 2. The maximum absolute atomic E-state index is 12.5. The number of aryl methyl sites for hydroxylation is 1. The lowest BCUT2D eigenvalue weighted by atomic mass is 10.1. The van der Waals surface area contributed by atoms with Gasteiger partial charge in [-0.2, -0.15) is 0 Å². The average Bonchev–Trinajstić information content (AvgIpc) is 2.96. The summed E-state index contributed by atoms with van der Waals surface area (Å²) < 4.78 is 0. The van der Waals surface area contributed by atoms with Crippen molar-refractivity contribution < 1.29 is 19.3 Å². The maximum Gasteiger partial charge on any atom is 0.294 e. The fourth-order valence-electron chi connectivity index (χ4n) is 2.72. The Hall–Kier alpha value is -3.46. The molecule has 1 N–H and O–H groups in total. The molecule has 1 heterocycles. The molecule has 2 aromatic carbocycles. The van der Waals surface area contributed by atoms with Crippen LogP contribution in [-0.4, -0.2) is 33.4 Å². The number of rotatable bonds is 6. The van der Waals surface area contributed by atoms with E-state index >= 15 is 0 Å². The zero-order valence-corrected chi connectivity index (χ0v) is 16.3. The van der Waals surface area contributed by atoms with Crippen LogP contribution in [0, 0.1) is 10.1 Å². The number of hydrogen-bond acceptors (Lipinski definition) is 6. The number of imide groups is 1. The quantitative estimate of drug-likeness (QED) is 0.439. The van der Waals surface area contributed by atoms with Gasteiger partial charge in [0.15, 0.2) is 0 Å². The molecule has 148 valence electrons. The van der Waals surface area contributed by atoms with Crippen LogP contribution in [0.4, 0.5) is 16.2 Å². The first-order valence-corrected chi connectivity index (χ1v) is 9.58. The second-order valence-corrected chi connectivity index (χ2v) is 7.18. The fourth-order valence-corrected chi connectivity index (χ4v) is 3.55. The summed E-state index contributed by atoms with van der Waals surface area (Å²) in [5, 5.41) is 13.2. The number of para-hydroxylation sites is 1. The van der Waals surface area contributed by atoms with E-state index in [9.17, 15) is 24.5 Å². The summed E-state index contributed by atoms with van der Waals surface area (Å²) in [5.41, 5.74) is 1.72. The number of nitrogens with zero attached hydrogens (tertiary/aromatic N) is 2. The normalized spacial score (nSPS) is 15.1. The number of nitrogens with one attached hydrogen (secondary N) is 1. The Morgan fingerprint density at radius 2 is 1.86 bits per heavy atom. The van der Waals surface area contributed by atoms with Crippen molar-refractivity contribution in [2.75, 3.05) is 11.9 Å². The first-order chi connectivity index (χ1) is 13.9. The van der Waals surface area contributed by atoms with Crippen molar-refractivity contribution in [2.45, 2.75) is 13.3 Å². The molecule has 0 bridgehead atoms. The molecule has 0 aromatic heterocycles. The largest absolute Gasteiger partial charge is 0.325 e. The summed E-state index contributed by atoms with van der Waals surface area (Å²) in [7, 11) is 0. The molecule has 0 spiro atoms. The topological polar surface area (TPSA) is 110 Å². The van der Waals surface area contributed by atoms with E-state index in [1.165, 1.54) is 24.3 Å². The maximum atomic E-state index is 12.5. The number of amides is 3. The average molecular weight is 411 g/mol. The highest BCUT2D eigenvalue weighted by molar-refractivity contribution is 8.18. The first kappa shape index (κ1) is 20.3. The van der Waals surface area contributed by atoms with E-state index in [2.05, 4.69) is 5.32 Å². The van der Waals surface area contributed by atoms with Gasteiger partial charge in [0.1, 0.15) is 6.54 Å². The minimum atomic E-state index is -0.658. The standard InChI is InChI=1S/C20H17N3O5S/c1-2-13-7-9-15(10-8-13)21-18(24)12-22-19(25)17(29-20(22)26)11-14-5-3-4-6-16(14)23(27)28/h3-11H,2,12H2,1H3,(H,21,24)/b17-11+.